The topological polar surface area (TPSA) is 107 Å². The lowest BCUT2D eigenvalue weighted by Gasteiger charge is -2.13. The summed E-state index contributed by atoms with van der Waals surface area (Å²) in [5, 5.41) is 11.9. The molecule has 0 aliphatic carbocycles. The predicted octanol–water partition coefficient (Wildman–Crippen LogP) is 3.58. The molecule has 0 fully saturated rings. The molecule has 0 aliphatic rings. The van der Waals surface area contributed by atoms with E-state index >= 15 is 0 Å². The van der Waals surface area contributed by atoms with Crippen LogP contribution in [-0.2, 0) is 14.3 Å². The minimum atomic E-state index is -0.696. The zero-order chi connectivity index (χ0) is 22.6. The fraction of sp³-hybridized carbons (Fsp3) is 0.261. The number of ether oxygens (including phenoxy) is 4. The number of carbonyl (C=O) groups excluding carboxylic acids is 2. The van der Waals surface area contributed by atoms with Crippen LogP contribution in [0.5, 0.6) is 17.2 Å². The first kappa shape index (κ1) is 23.3. The van der Waals surface area contributed by atoms with Crippen LogP contribution in [0.1, 0.15) is 19.4 Å². The van der Waals surface area contributed by atoms with Crippen LogP contribution in [0.2, 0.25) is 0 Å². The second-order valence-electron chi connectivity index (χ2n) is 6.09. The molecule has 0 radical (unpaired) electrons. The first-order chi connectivity index (χ1) is 15.0. The Morgan fingerprint density at radius 3 is 2.39 bits per heavy atom. The fourth-order valence-corrected chi connectivity index (χ4v) is 2.53. The zero-order valence-corrected chi connectivity index (χ0v) is 17.6. The average Bonchev–Trinajstić information content (AvgIpc) is 2.77. The highest BCUT2D eigenvalue weighted by atomic mass is 16.5. The molecule has 1 N–H and O–H groups in total. The summed E-state index contributed by atoms with van der Waals surface area (Å²) in [5.74, 6) is 0.393. The highest BCUT2D eigenvalue weighted by molar-refractivity contribution is 5.98. The number of nitriles is 1. The third-order valence-electron chi connectivity index (χ3n) is 3.93. The van der Waals surface area contributed by atoms with Gasteiger partial charge in [0.1, 0.15) is 17.4 Å². The maximum atomic E-state index is 12.2. The van der Waals surface area contributed by atoms with Crippen molar-refractivity contribution in [2.24, 2.45) is 0 Å². The molecule has 8 heteroatoms. The number of methoxy groups -OCH3 is 1. The summed E-state index contributed by atoms with van der Waals surface area (Å²) in [7, 11) is 1.57. The van der Waals surface area contributed by atoms with Gasteiger partial charge in [0, 0.05) is 5.69 Å². The lowest BCUT2D eigenvalue weighted by Crippen LogP contribution is -2.20. The minimum Gasteiger partial charge on any atom is -0.497 e. The average molecular weight is 424 g/mol. The second-order valence-corrected chi connectivity index (χ2v) is 6.09. The largest absolute Gasteiger partial charge is 0.497 e. The van der Waals surface area contributed by atoms with Crippen LogP contribution in [0, 0.1) is 11.3 Å². The molecular weight excluding hydrogens is 400 g/mol. The van der Waals surface area contributed by atoms with Crippen molar-refractivity contribution in [1.82, 2.24) is 0 Å². The molecule has 2 aromatic rings. The standard InChI is InChI=1S/C23H24N2O6/c1-4-29-21-13-16(12-17(14-24)23(27)30-5-2)6-11-20(21)31-15-22(26)25-18-7-9-19(28-3)10-8-18/h6-13H,4-5,15H2,1-3H3,(H,25,26)/b17-12-. The molecule has 2 rings (SSSR count). The van der Waals surface area contributed by atoms with E-state index in [1.165, 1.54) is 6.08 Å². The number of hydrogen-bond acceptors (Lipinski definition) is 7. The zero-order valence-electron chi connectivity index (χ0n) is 17.6. The van der Waals surface area contributed by atoms with E-state index in [1.807, 2.05) is 13.0 Å². The quantitative estimate of drug-likeness (QED) is 0.353. The van der Waals surface area contributed by atoms with E-state index in [0.29, 0.717) is 35.1 Å². The molecule has 0 saturated carbocycles. The number of benzene rings is 2. The molecule has 0 bridgehead atoms. The van der Waals surface area contributed by atoms with E-state index in [4.69, 9.17) is 18.9 Å². The van der Waals surface area contributed by atoms with Crippen LogP contribution >= 0.6 is 0 Å². The van der Waals surface area contributed by atoms with Gasteiger partial charge in [0.15, 0.2) is 18.1 Å². The van der Waals surface area contributed by atoms with Gasteiger partial charge in [-0.3, -0.25) is 4.79 Å². The summed E-state index contributed by atoms with van der Waals surface area (Å²) < 4.78 is 21.1. The second kappa shape index (κ2) is 11.9. The van der Waals surface area contributed by atoms with Crippen molar-refractivity contribution in [3.63, 3.8) is 0 Å². The lowest BCUT2D eigenvalue weighted by atomic mass is 10.1. The summed E-state index contributed by atoms with van der Waals surface area (Å²) in [6, 6.07) is 13.6. The molecule has 0 aliphatic heterocycles. The van der Waals surface area contributed by atoms with Crippen molar-refractivity contribution in [3.8, 4) is 23.3 Å². The third kappa shape index (κ3) is 7.08. The molecule has 0 unspecified atom stereocenters. The first-order valence-corrected chi connectivity index (χ1v) is 9.63. The Hall–Kier alpha value is -3.99. The van der Waals surface area contributed by atoms with E-state index in [2.05, 4.69) is 5.32 Å². The monoisotopic (exact) mass is 424 g/mol. The normalized spacial score (nSPS) is 10.6. The van der Waals surface area contributed by atoms with Gasteiger partial charge in [-0.25, -0.2) is 4.79 Å². The van der Waals surface area contributed by atoms with Crippen molar-refractivity contribution in [2.45, 2.75) is 13.8 Å². The van der Waals surface area contributed by atoms with Gasteiger partial charge in [0.2, 0.25) is 0 Å². The van der Waals surface area contributed by atoms with E-state index in [0.717, 1.165) is 0 Å². The molecule has 0 saturated heterocycles. The Balaban J connectivity index is 2.09. The van der Waals surface area contributed by atoms with Crippen molar-refractivity contribution in [3.05, 3.63) is 53.6 Å². The summed E-state index contributed by atoms with van der Waals surface area (Å²) in [6.45, 7) is 3.78. The van der Waals surface area contributed by atoms with Gasteiger partial charge in [-0.15, -0.1) is 0 Å². The summed E-state index contributed by atoms with van der Waals surface area (Å²) >= 11 is 0. The Labute approximate surface area is 181 Å². The van der Waals surface area contributed by atoms with Gasteiger partial charge >= 0.3 is 5.97 Å². The first-order valence-electron chi connectivity index (χ1n) is 9.63. The Morgan fingerprint density at radius 2 is 1.77 bits per heavy atom. The van der Waals surface area contributed by atoms with Crippen LogP contribution in [0.25, 0.3) is 6.08 Å². The minimum absolute atomic E-state index is 0.128. The smallest absolute Gasteiger partial charge is 0.348 e. The predicted molar refractivity (Wildman–Crippen MR) is 115 cm³/mol. The van der Waals surface area contributed by atoms with Gasteiger partial charge in [-0.2, -0.15) is 5.26 Å². The number of hydrogen-bond donors (Lipinski definition) is 1. The summed E-state index contributed by atoms with van der Waals surface area (Å²) in [4.78, 5) is 24.0. The maximum absolute atomic E-state index is 12.2. The SMILES string of the molecule is CCOC(=O)/C(C#N)=C\c1ccc(OCC(=O)Nc2ccc(OC)cc2)c(OCC)c1. The summed E-state index contributed by atoms with van der Waals surface area (Å²) in [5.41, 5.74) is 1.04. The number of rotatable bonds is 10. The Bertz CT molecular complexity index is 977. The number of carbonyl (C=O) groups is 2. The number of esters is 1. The molecule has 2 aromatic carbocycles. The number of amides is 1. The van der Waals surface area contributed by atoms with Gasteiger partial charge in [-0.05, 0) is 61.9 Å². The van der Waals surface area contributed by atoms with Crippen molar-refractivity contribution in [2.75, 3.05) is 32.2 Å². The molecule has 162 valence electrons. The van der Waals surface area contributed by atoms with E-state index in [-0.39, 0.29) is 24.7 Å². The van der Waals surface area contributed by atoms with Crippen LogP contribution < -0.4 is 19.5 Å². The lowest BCUT2D eigenvalue weighted by molar-refractivity contribution is -0.137. The molecule has 0 aromatic heterocycles. The molecular formula is C23H24N2O6. The number of nitrogens with zero attached hydrogens (tertiary/aromatic N) is 1. The molecule has 31 heavy (non-hydrogen) atoms. The van der Waals surface area contributed by atoms with E-state index in [9.17, 15) is 14.9 Å². The molecule has 8 nitrogen and oxygen atoms in total. The summed E-state index contributed by atoms with van der Waals surface area (Å²) in [6.07, 6.45) is 1.40. The van der Waals surface area contributed by atoms with Crippen molar-refractivity contribution < 1.29 is 28.5 Å². The number of anilines is 1. The van der Waals surface area contributed by atoms with Gasteiger partial charge in [0.25, 0.3) is 5.91 Å². The Morgan fingerprint density at radius 1 is 1.03 bits per heavy atom. The number of nitrogens with one attached hydrogen (secondary N) is 1. The van der Waals surface area contributed by atoms with E-state index < -0.39 is 5.97 Å². The van der Waals surface area contributed by atoms with Gasteiger partial charge in [-0.1, -0.05) is 6.07 Å². The van der Waals surface area contributed by atoms with Gasteiger partial charge < -0.3 is 24.3 Å². The van der Waals surface area contributed by atoms with Crippen LogP contribution in [0.15, 0.2) is 48.0 Å². The van der Waals surface area contributed by atoms with Crippen molar-refractivity contribution in [1.29, 1.82) is 5.26 Å². The highest BCUT2D eigenvalue weighted by Gasteiger charge is 2.13. The third-order valence-corrected chi connectivity index (χ3v) is 3.93. The highest BCUT2D eigenvalue weighted by Crippen LogP contribution is 2.29. The van der Waals surface area contributed by atoms with Crippen molar-refractivity contribution >= 4 is 23.6 Å². The maximum Gasteiger partial charge on any atom is 0.348 e. The molecule has 1 amide bonds. The molecule has 0 spiro atoms. The van der Waals surface area contributed by atoms with Crippen LogP contribution in [0.3, 0.4) is 0 Å². The van der Waals surface area contributed by atoms with Crippen LogP contribution in [-0.4, -0.2) is 38.8 Å². The van der Waals surface area contributed by atoms with E-state index in [1.54, 1.807) is 56.5 Å². The van der Waals surface area contributed by atoms with Gasteiger partial charge in [0.05, 0.1) is 20.3 Å². The van der Waals surface area contributed by atoms with Crippen LogP contribution in [0.4, 0.5) is 5.69 Å². The Kier molecular flexibility index (Phi) is 8.92. The fourth-order valence-electron chi connectivity index (χ4n) is 2.53. The molecule has 0 atom stereocenters. The molecule has 0 heterocycles.